The van der Waals surface area contributed by atoms with Crippen LogP contribution in [0.5, 0.6) is 5.75 Å². The molecule has 0 bridgehead atoms. The number of aromatic nitrogens is 1. The number of nitrogens with zero attached hydrogens (tertiary/aromatic N) is 2. The summed E-state index contributed by atoms with van der Waals surface area (Å²) in [4.78, 5) is 16.4. The van der Waals surface area contributed by atoms with Crippen molar-refractivity contribution >= 4 is 23.4 Å². The summed E-state index contributed by atoms with van der Waals surface area (Å²) >= 11 is 0.652. The van der Waals surface area contributed by atoms with E-state index in [4.69, 9.17) is 5.26 Å². The zero-order chi connectivity index (χ0) is 21.8. The second kappa shape index (κ2) is 9.09. The first-order valence-corrected chi connectivity index (χ1v) is 8.91. The highest BCUT2D eigenvalue weighted by atomic mass is 32.2. The van der Waals surface area contributed by atoms with Gasteiger partial charge in [-0.15, -0.1) is 0 Å². The lowest BCUT2D eigenvalue weighted by Gasteiger charge is -2.17. The van der Waals surface area contributed by atoms with E-state index in [0.717, 1.165) is 6.07 Å². The van der Waals surface area contributed by atoms with Crippen LogP contribution < -0.4 is 10.1 Å². The van der Waals surface area contributed by atoms with Crippen LogP contribution in [0.15, 0.2) is 35.4 Å². The van der Waals surface area contributed by atoms with Crippen molar-refractivity contribution in [2.24, 2.45) is 0 Å². The van der Waals surface area contributed by atoms with Crippen molar-refractivity contribution in [1.82, 2.24) is 4.98 Å². The van der Waals surface area contributed by atoms with Crippen molar-refractivity contribution in [3.8, 4) is 11.8 Å². The molecule has 2 rings (SSSR count). The molecule has 1 aromatic carbocycles. The average molecular weight is 431 g/mol. The first-order valence-electron chi connectivity index (χ1n) is 8.03. The average Bonchev–Trinajstić information content (AvgIpc) is 2.61. The number of carbonyl (C=O) groups is 1. The van der Waals surface area contributed by atoms with E-state index < -0.39 is 35.1 Å². The Hall–Kier alpha value is -2.87. The number of amides is 1. The topological polar surface area (TPSA) is 75.0 Å². The second-order valence-corrected chi connectivity index (χ2v) is 7.05. The third-order valence-corrected chi connectivity index (χ3v) is 4.64. The summed E-state index contributed by atoms with van der Waals surface area (Å²) < 4.78 is 68.8. The number of rotatable bonds is 6. The molecule has 0 radical (unpaired) electrons. The van der Waals surface area contributed by atoms with Crippen LogP contribution in [0.2, 0.25) is 0 Å². The molecule has 5 nitrogen and oxygen atoms in total. The molecule has 0 saturated heterocycles. The Labute approximate surface area is 166 Å². The number of nitriles is 1. The summed E-state index contributed by atoms with van der Waals surface area (Å²) in [7, 11) is 0. The second-order valence-electron chi connectivity index (χ2n) is 5.72. The Bertz CT molecular complexity index is 944. The van der Waals surface area contributed by atoms with Crippen LogP contribution in [0, 0.1) is 18.3 Å². The van der Waals surface area contributed by atoms with Gasteiger partial charge in [-0.3, -0.25) is 4.79 Å². The monoisotopic (exact) mass is 431 g/mol. The molecule has 2 aromatic rings. The van der Waals surface area contributed by atoms with Gasteiger partial charge in [0.1, 0.15) is 16.8 Å². The number of pyridine rings is 1. The standard InChI is InChI=1S/C18H14F5N3O2S/c1-9-7-12(18(21,22)23)11(8-24)16(25-9)29-10(2)15(27)26-13-5-3-4-6-14(13)28-17(19)20/h3-7,10,17H,1-2H3,(H,26,27). The van der Waals surface area contributed by atoms with Crippen molar-refractivity contribution < 1.29 is 31.5 Å². The minimum atomic E-state index is -4.76. The molecule has 0 aliphatic heterocycles. The maximum absolute atomic E-state index is 13.2. The van der Waals surface area contributed by atoms with Crippen molar-refractivity contribution in [2.45, 2.75) is 36.9 Å². The predicted molar refractivity (Wildman–Crippen MR) is 95.7 cm³/mol. The number of alkyl halides is 5. The quantitative estimate of drug-likeness (QED) is 0.515. The van der Waals surface area contributed by atoms with E-state index in [1.165, 1.54) is 44.2 Å². The first-order chi connectivity index (χ1) is 13.5. The van der Waals surface area contributed by atoms with Crippen LogP contribution in [0.25, 0.3) is 0 Å². The number of nitrogens with one attached hydrogen (secondary N) is 1. The highest BCUT2D eigenvalue weighted by Gasteiger charge is 2.36. The molecule has 0 spiro atoms. The smallest absolute Gasteiger partial charge is 0.417 e. The van der Waals surface area contributed by atoms with Crippen molar-refractivity contribution in [3.05, 3.63) is 47.2 Å². The number of para-hydroxylation sites is 2. The molecule has 0 saturated carbocycles. The van der Waals surface area contributed by atoms with E-state index in [-0.39, 0.29) is 22.2 Å². The molecule has 0 fully saturated rings. The summed E-state index contributed by atoms with van der Waals surface area (Å²) in [6, 6.07) is 7.71. The molecule has 1 atom stereocenters. The number of ether oxygens (including phenoxy) is 1. The van der Waals surface area contributed by atoms with E-state index in [1.54, 1.807) is 0 Å². The van der Waals surface area contributed by atoms with Gasteiger partial charge in [0.15, 0.2) is 0 Å². The number of benzene rings is 1. The molecule has 1 heterocycles. The van der Waals surface area contributed by atoms with Crippen LogP contribution >= 0.6 is 11.8 Å². The van der Waals surface area contributed by atoms with E-state index in [9.17, 15) is 26.7 Å². The lowest BCUT2D eigenvalue weighted by atomic mass is 10.1. The van der Waals surface area contributed by atoms with Gasteiger partial charge in [-0.25, -0.2) is 4.98 Å². The number of carbonyl (C=O) groups excluding carboxylic acids is 1. The fraction of sp³-hybridized carbons (Fsp3) is 0.278. The number of halogens is 5. The molecule has 11 heteroatoms. The van der Waals surface area contributed by atoms with Crippen LogP contribution in [0.4, 0.5) is 27.6 Å². The zero-order valence-electron chi connectivity index (χ0n) is 15.1. The lowest BCUT2D eigenvalue weighted by Crippen LogP contribution is -2.23. The molecule has 0 aliphatic carbocycles. The highest BCUT2D eigenvalue weighted by Crippen LogP contribution is 2.37. The summed E-state index contributed by atoms with van der Waals surface area (Å²) in [5.41, 5.74) is -1.83. The molecule has 1 amide bonds. The van der Waals surface area contributed by atoms with Gasteiger partial charge in [-0.2, -0.15) is 27.2 Å². The molecule has 1 aromatic heterocycles. The molecule has 154 valence electrons. The SMILES string of the molecule is Cc1cc(C(F)(F)F)c(C#N)c(SC(C)C(=O)Nc2ccccc2OC(F)F)n1. The number of thioether (sulfide) groups is 1. The van der Waals surface area contributed by atoms with Crippen molar-refractivity contribution in [1.29, 1.82) is 5.26 Å². The molecule has 29 heavy (non-hydrogen) atoms. The van der Waals surface area contributed by atoms with Gasteiger partial charge in [0.2, 0.25) is 5.91 Å². The largest absolute Gasteiger partial charge is 0.433 e. The molecule has 1 N–H and O–H groups in total. The van der Waals surface area contributed by atoms with Gasteiger partial charge in [0.25, 0.3) is 0 Å². The van der Waals surface area contributed by atoms with Gasteiger partial charge in [0, 0.05) is 5.69 Å². The fourth-order valence-corrected chi connectivity index (χ4v) is 3.26. The molecular weight excluding hydrogens is 417 g/mol. The minimum Gasteiger partial charge on any atom is -0.433 e. The summed E-state index contributed by atoms with van der Waals surface area (Å²) in [5.74, 6) is -0.958. The summed E-state index contributed by atoms with van der Waals surface area (Å²) in [6.45, 7) is -0.381. The number of anilines is 1. The Morgan fingerprint density at radius 1 is 1.31 bits per heavy atom. The minimum absolute atomic E-state index is 0.0288. The van der Waals surface area contributed by atoms with Crippen LogP contribution in [0.3, 0.4) is 0 Å². The third kappa shape index (κ3) is 5.80. The van der Waals surface area contributed by atoms with Gasteiger partial charge in [-0.05, 0) is 32.0 Å². The zero-order valence-corrected chi connectivity index (χ0v) is 15.9. The summed E-state index contributed by atoms with van der Waals surface area (Å²) in [5, 5.41) is 10.3. The maximum Gasteiger partial charge on any atom is 0.417 e. The van der Waals surface area contributed by atoms with E-state index in [1.807, 2.05) is 0 Å². The Morgan fingerprint density at radius 3 is 2.55 bits per heavy atom. The normalized spacial score (nSPS) is 12.4. The van der Waals surface area contributed by atoms with Gasteiger partial charge < -0.3 is 10.1 Å². The molecule has 0 aliphatic rings. The van der Waals surface area contributed by atoms with Crippen LogP contribution in [-0.2, 0) is 11.0 Å². The fourth-order valence-electron chi connectivity index (χ4n) is 2.29. The Balaban J connectivity index is 2.25. The van der Waals surface area contributed by atoms with Crippen LogP contribution in [-0.4, -0.2) is 22.8 Å². The first kappa shape index (κ1) is 22.4. The predicted octanol–water partition coefficient (Wildman–Crippen LogP) is 5.00. The van der Waals surface area contributed by atoms with E-state index in [0.29, 0.717) is 11.8 Å². The molecular formula is C18H14F5N3O2S. The Morgan fingerprint density at radius 2 is 1.97 bits per heavy atom. The van der Waals surface area contributed by atoms with Crippen LogP contribution in [0.1, 0.15) is 23.7 Å². The van der Waals surface area contributed by atoms with Crippen molar-refractivity contribution in [2.75, 3.05) is 5.32 Å². The molecule has 1 unspecified atom stereocenters. The Kier molecular flexibility index (Phi) is 7.02. The third-order valence-electron chi connectivity index (χ3n) is 3.55. The lowest BCUT2D eigenvalue weighted by molar-refractivity contribution is -0.138. The van der Waals surface area contributed by atoms with E-state index >= 15 is 0 Å². The number of hydrogen-bond donors (Lipinski definition) is 1. The van der Waals surface area contributed by atoms with E-state index in [2.05, 4.69) is 15.0 Å². The van der Waals surface area contributed by atoms with Gasteiger partial charge in [-0.1, -0.05) is 23.9 Å². The maximum atomic E-state index is 13.2. The summed E-state index contributed by atoms with van der Waals surface area (Å²) in [6.07, 6.45) is -4.76. The highest BCUT2D eigenvalue weighted by molar-refractivity contribution is 8.00. The van der Waals surface area contributed by atoms with Gasteiger partial charge in [0.05, 0.1) is 22.1 Å². The number of hydrogen-bond acceptors (Lipinski definition) is 5. The number of aryl methyl sites for hydroxylation is 1. The van der Waals surface area contributed by atoms with Crippen molar-refractivity contribution in [3.63, 3.8) is 0 Å². The van der Waals surface area contributed by atoms with Gasteiger partial charge >= 0.3 is 12.8 Å².